The Hall–Kier alpha value is -1.03. The highest BCUT2D eigenvalue weighted by Crippen LogP contribution is 2.32. The maximum Gasteiger partial charge on any atom is 0.416 e. The van der Waals surface area contributed by atoms with E-state index in [1.165, 1.54) is 12.1 Å². The van der Waals surface area contributed by atoms with Gasteiger partial charge in [-0.1, -0.05) is 11.6 Å². The molecule has 1 atom stereocenters. The van der Waals surface area contributed by atoms with Crippen molar-refractivity contribution in [1.29, 1.82) is 0 Å². The smallest absolute Gasteiger partial charge is 0.307 e. The van der Waals surface area contributed by atoms with Crippen LogP contribution in [0.4, 0.5) is 13.2 Å². The summed E-state index contributed by atoms with van der Waals surface area (Å²) < 4.78 is 38.0. The fourth-order valence-electron chi connectivity index (χ4n) is 1.93. The average molecular weight is 243 g/mol. The Balaban J connectivity index is 2.23. The van der Waals surface area contributed by atoms with Gasteiger partial charge >= 0.3 is 6.18 Å². The van der Waals surface area contributed by atoms with Crippen molar-refractivity contribution >= 4 is 0 Å². The Morgan fingerprint density at radius 1 is 1.24 bits per heavy atom. The highest BCUT2D eigenvalue weighted by molar-refractivity contribution is 5.33. The van der Waals surface area contributed by atoms with Gasteiger partial charge in [-0.25, -0.2) is 0 Å². The van der Waals surface area contributed by atoms with Crippen molar-refractivity contribution in [3.05, 3.63) is 34.9 Å². The molecule has 17 heavy (non-hydrogen) atoms. The molecule has 1 N–H and O–H groups in total. The molecule has 1 unspecified atom stereocenters. The number of nitrogens with one attached hydrogen (secondary N) is 1. The van der Waals surface area contributed by atoms with Gasteiger partial charge in [-0.05, 0) is 44.4 Å². The molecule has 1 aliphatic carbocycles. The lowest BCUT2D eigenvalue weighted by Gasteiger charge is -2.17. The predicted octanol–water partition coefficient (Wildman–Crippen LogP) is 3.83. The third-order valence-electron chi connectivity index (χ3n) is 2.99. The predicted molar refractivity (Wildman–Crippen MR) is 60.8 cm³/mol. The number of halogens is 3. The van der Waals surface area contributed by atoms with Crippen molar-refractivity contribution in [1.82, 2.24) is 5.32 Å². The second-order valence-electron chi connectivity index (χ2n) is 4.79. The molecule has 94 valence electrons. The van der Waals surface area contributed by atoms with Crippen molar-refractivity contribution in [3.8, 4) is 0 Å². The van der Waals surface area contributed by atoms with E-state index in [1.807, 2.05) is 13.0 Å². The number of hydrogen-bond acceptors (Lipinski definition) is 1. The van der Waals surface area contributed by atoms with E-state index in [9.17, 15) is 13.2 Å². The number of benzene rings is 1. The summed E-state index contributed by atoms with van der Waals surface area (Å²) in [6, 6.07) is 4.71. The Morgan fingerprint density at radius 3 is 2.41 bits per heavy atom. The Bertz CT molecular complexity index is 408. The van der Waals surface area contributed by atoms with Gasteiger partial charge in [0, 0.05) is 12.1 Å². The molecule has 1 aromatic rings. The molecule has 1 fully saturated rings. The number of alkyl halides is 3. The second-order valence-corrected chi connectivity index (χ2v) is 4.79. The first kappa shape index (κ1) is 12.4. The van der Waals surface area contributed by atoms with Gasteiger partial charge in [0.25, 0.3) is 0 Å². The minimum Gasteiger partial charge on any atom is -0.307 e. The molecule has 1 aliphatic rings. The first-order valence-corrected chi connectivity index (χ1v) is 5.81. The zero-order valence-corrected chi connectivity index (χ0v) is 9.93. The molecule has 0 amide bonds. The van der Waals surface area contributed by atoms with Crippen LogP contribution >= 0.6 is 0 Å². The van der Waals surface area contributed by atoms with E-state index in [0.29, 0.717) is 17.2 Å². The van der Waals surface area contributed by atoms with Crippen molar-refractivity contribution in [2.45, 2.75) is 44.9 Å². The van der Waals surface area contributed by atoms with E-state index in [1.54, 1.807) is 6.92 Å². The molecule has 1 aromatic carbocycles. The lowest BCUT2D eigenvalue weighted by molar-refractivity contribution is -0.137. The molecule has 1 nitrogen and oxygen atoms in total. The molecule has 0 heterocycles. The van der Waals surface area contributed by atoms with Crippen LogP contribution in [0.1, 0.15) is 42.5 Å². The number of rotatable bonds is 3. The van der Waals surface area contributed by atoms with Crippen LogP contribution in [0.5, 0.6) is 0 Å². The minimum atomic E-state index is -4.26. The van der Waals surface area contributed by atoms with Crippen LogP contribution < -0.4 is 5.32 Å². The van der Waals surface area contributed by atoms with Gasteiger partial charge in [0.15, 0.2) is 0 Å². The van der Waals surface area contributed by atoms with Gasteiger partial charge in [-0.2, -0.15) is 13.2 Å². The molecule has 1 saturated carbocycles. The van der Waals surface area contributed by atoms with Crippen LogP contribution in [0.15, 0.2) is 18.2 Å². The Kier molecular flexibility index (Phi) is 3.17. The van der Waals surface area contributed by atoms with Crippen molar-refractivity contribution in [3.63, 3.8) is 0 Å². The molecule has 0 saturated heterocycles. The summed E-state index contributed by atoms with van der Waals surface area (Å²) in [5.74, 6) is 0. The third kappa shape index (κ3) is 3.22. The van der Waals surface area contributed by atoms with Gasteiger partial charge < -0.3 is 5.32 Å². The summed E-state index contributed by atoms with van der Waals surface area (Å²) in [7, 11) is 0. The summed E-state index contributed by atoms with van der Waals surface area (Å²) in [6.07, 6.45) is -2.01. The van der Waals surface area contributed by atoms with Crippen molar-refractivity contribution in [2.24, 2.45) is 0 Å². The molecule has 4 heteroatoms. The zero-order chi connectivity index (χ0) is 12.6. The van der Waals surface area contributed by atoms with Crippen LogP contribution in [-0.2, 0) is 6.18 Å². The topological polar surface area (TPSA) is 12.0 Å². The standard InChI is InChI=1S/C13H16F3N/c1-8-5-10(9(2)17-12-3-4-12)7-11(6-8)13(14,15)16/h5-7,9,12,17H,3-4H2,1-2H3. The maximum atomic E-state index is 12.7. The Labute approximate surface area is 99.0 Å². The van der Waals surface area contributed by atoms with Crippen LogP contribution in [-0.4, -0.2) is 6.04 Å². The highest BCUT2D eigenvalue weighted by atomic mass is 19.4. The first-order valence-electron chi connectivity index (χ1n) is 5.81. The molecule has 0 radical (unpaired) electrons. The van der Waals surface area contributed by atoms with Crippen LogP contribution in [0.25, 0.3) is 0 Å². The van der Waals surface area contributed by atoms with Crippen LogP contribution in [0, 0.1) is 6.92 Å². The number of aryl methyl sites for hydroxylation is 1. The summed E-state index contributed by atoms with van der Waals surface area (Å²) in [5.41, 5.74) is 0.806. The highest BCUT2D eigenvalue weighted by Gasteiger charge is 2.31. The van der Waals surface area contributed by atoms with E-state index in [-0.39, 0.29) is 6.04 Å². The van der Waals surface area contributed by atoms with Crippen molar-refractivity contribution in [2.75, 3.05) is 0 Å². The van der Waals surface area contributed by atoms with E-state index in [0.717, 1.165) is 12.8 Å². The SMILES string of the molecule is Cc1cc(C(C)NC2CC2)cc(C(F)(F)F)c1. The molecule has 0 bridgehead atoms. The summed E-state index contributed by atoms with van der Waals surface area (Å²) in [6.45, 7) is 3.61. The molecule has 0 aromatic heterocycles. The monoisotopic (exact) mass is 243 g/mol. The molecule has 0 spiro atoms. The van der Waals surface area contributed by atoms with E-state index < -0.39 is 11.7 Å². The Morgan fingerprint density at radius 2 is 1.88 bits per heavy atom. The molecular weight excluding hydrogens is 227 g/mol. The average Bonchev–Trinajstić information content (AvgIpc) is 2.99. The van der Waals surface area contributed by atoms with Gasteiger partial charge in [0.2, 0.25) is 0 Å². The van der Waals surface area contributed by atoms with Crippen molar-refractivity contribution < 1.29 is 13.2 Å². The minimum absolute atomic E-state index is 0.0245. The summed E-state index contributed by atoms with van der Waals surface area (Å²) in [5, 5.41) is 3.31. The van der Waals surface area contributed by atoms with Gasteiger partial charge in [-0.3, -0.25) is 0 Å². The first-order chi connectivity index (χ1) is 7.86. The van der Waals surface area contributed by atoms with Gasteiger partial charge in [-0.15, -0.1) is 0 Å². The maximum absolute atomic E-state index is 12.7. The molecule has 0 aliphatic heterocycles. The van der Waals surface area contributed by atoms with Gasteiger partial charge in [0.05, 0.1) is 5.56 Å². The normalized spacial score (nSPS) is 18.2. The van der Waals surface area contributed by atoms with E-state index >= 15 is 0 Å². The number of hydrogen-bond donors (Lipinski definition) is 1. The van der Waals surface area contributed by atoms with E-state index in [4.69, 9.17) is 0 Å². The fraction of sp³-hybridized carbons (Fsp3) is 0.538. The summed E-state index contributed by atoms with van der Waals surface area (Å²) >= 11 is 0. The quantitative estimate of drug-likeness (QED) is 0.850. The van der Waals surface area contributed by atoms with Crippen LogP contribution in [0.2, 0.25) is 0 Å². The van der Waals surface area contributed by atoms with Gasteiger partial charge in [0.1, 0.15) is 0 Å². The van der Waals surface area contributed by atoms with Crippen LogP contribution in [0.3, 0.4) is 0 Å². The largest absolute Gasteiger partial charge is 0.416 e. The van der Waals surface area contributed by atoms with E-state index in [2.05, 4.69) is 5.32 Å². The lowest BCUT2D eigenvalue weighted by Crippen LogP contribution is -2.21. The molecule has 2 rings (SSSR count). The molecular formula is C13H16F3N. The third-order valence-corrected chi connectivity index (χ3v) is 2.99. The summed E-state index contributed by atoms with van der Waals surface area (Å²) in [4.78, 5) is 0. The second kappa shape index (κ2) is 4.33. The fourth-order valence-corrected chi connectivity index (χ4v) is 1.93. The lowest BCUT2D eigenvalue weighted by atomic mass is 10.0. The zero-order valence-electron chi connectivity index (χ0n) is 9.93.